The maximum atomic E-state index is 12.3. The highest BCUT2D eigenvalue weighted by molar-refractivity contribution is 7.16. The second-order valence-electron chi connectivity index (χ2n) is 5.86. The van der Waals surface area contributed by atoms with Gasteiger partial charge in [-0.3, -0.25) is 4.79 Å². The summed E-state index contributed by atoms with van der Waals surface area (Å²) in [5, 5.41) is 6.66. The van der Waals surface area contributed by atoms with Crippen LogP contribution in [0.2, 0.25) is 0 Å². The lowest BCUT2D eigenvalue weighted by atomic mass is 9.99. The number of amides is 1. The Labute approximate surface area is 148 Å². The van der Waals surface area contributed by atoms with E-state index < -0.39 is 6.61 Å². The summed E-state index contributed by atoms with van der Waals surface area (Å²) >= 11 is 1.40. The SMILES string of the molecule is Cc1sc(NC(=O)C2CCCNC2)nc1-c1ccc(OC(F)F)cc1. The normalized spacial score (nSPS) is 17.5. The molecule has 1 aliphatic rings. The fourth-order valence-corrected chi connectivity index (χ4v) is 3.63. The van der Waals surface area contributed by atoms with E-state index in [0.717, 1.165) is 35.5 Å². The Bertz CT molecular complexity index is 728. The first kappa shape index (κ1) is 17.8. The molecular formula is C17H19F2N3O2S. The lowest BCUT2D eigenvalue weighted by Crippen LogP contribution is -2.37. The highest BCUT2D eigenvalue weighted by Crippen LogP contribution is 2.32. The Morgan fingerprint density at radius 2 is 2.16 bits per heavy atom. The summed E-state index contributed by atoms with van der Waals surface area (Å²) < 4.78 is 28.8. The van der Waals surface area contributed by atoms with E-state index in [0.29, 0.717) is 11.7 Å². The van der Waals surface area contributed by atoms with Crippen molar-refractivity contribution in [3.05, 3.63) is 29.1 Å². The standard InChI is InChI=1S/C17H19F2N3O2S/c1-10-14(11-4-6-13(7-5-11)24-16(18)19)21-17(25-10)22-15(23)12-3-2-8-20-9-12/h4-7,12,16,20H,2-3,8-9H2,1H3,(H,21,22,23). The maximum absolute atomic E-state index is 12.3. The molecule has 1 fully saturated rings. The van der Waals surface area contributed by atoms with Crippen LogP contribution < -0.4 is 15.4 Å². The molecule has 0 spiro atoms. The van der Waals surface area contributed by atoms with Gasteiger partial charge in [-0.05, 0) is 50.6 Å². The highest BCUT2D eigenvalue weighted by Gasteiger charge is 2.22. The molecule has 2 N–H and O–H groups in total. The van der Waals surface area contributed by atoms with Gasteiger partial charge in [0, 0.05) is 17.0 Å². The topological polar surface area (TPSA) is 63.2 Å². The van der Waals surface area contributed by atoms with Gasteiger partial charge in [0.1, 0.15) is 5.75 Å². The molecular weight excluding hydrogens is 348 g/mol. The molecule has 0 bridgehead atoms. The third-order valence-electron chi connectivity index (χ3n) is 4.05. The van der Waals surface area contributed by atoms with Crippen LogP contribution in [-0.4, -0.2) is 30.6 Å². The number of alkyl halides is 2. The molecule has 1 aliphatic heterocycles. The molecule has 3 rings (SSSR count). The smallest absolute Gasteiger partial charge is 0.387 e. The number of ether oxygens (including phenoxy) is 1. The number of aryl methyl sites for hydroxylation is 1. The summed E-state index contributed by atoms with van der Waals surface area (Å²) in [4.78, 5) is 17.7. The molecule has 0 aliphatic carbocycles. The molecule has 0 saturated carbocycles. The number of halogens is 2. The quantitative estimate of drug-likeness (QED) is 0.847. The zero-order valence-corrected chi connectivity index (χ0v) is 14.5. The molecule has 8 heteroatoms. The largest absolute Gasteiger partial charge is 0.435 e. The average Bonchev–Trinajstić information content (AvgIpc) is 2.96. The van der Waals surface area contributed by atoms with Crippen LogP contribution >= 0.6 is 11.3 Å². The Kier molecular flexibility index (Phi) is 5.60. The number of hydrogen-bond donors (Lipinski definition) is 2. The number of nitrogens with zero attached hydrogens (tertiary/aromatic N) is 1. The van der Waals surface area contributed by atoms with E-state index in [1.54, 1.807) is 12.1 Å². The van der Waals surface area contributed by atoms with Crippen LogP contribution in [0.25, 0.3) is 11.3 Å². The molecule has 1 saturated heterocycles. The molecule has 1 aromatic carbocycles. The van der Waals surface area contributed by atoms with Gasteiger partial charge in [0.2, 0.25) is 5.91 Å². The van der Waals surface area contributed by atoms with Crippen LogP contribution in [0.4, 0.5) is 13.9 Å². The van der Waals surface area contributed by atoms with E-state index >= 15 is 0 Å². The first-order valence-corrected chi connectivity index (χ1v) is 8.89. The Balaban J connectivity index is 1.70. The third-order valence-corrected chi connectivity index (χ3v) is 4.93. The van der Waals surface area contributed by atoms with Crippen molar-refractivity contribution in [2.24, 2.45) is 5.92 Å². The molecule has 2 aromatic rings. The van der Waals surface area contributed by atoms with Gasteiger partial charge in [0.05, 0.1) is 11.6 Å². The van der Waals surface area contributed by atoms with Gasteiger partial charge in [0.25, 0.3) is 0 Å². The van der Waals surface area contributed by atoms with Gasteiger partial charge in [-0.15, -0.1) is 11.3 Å². The van der Waals surface area contributed by atoms with Crippen molar-refractivity contribution in [3.63, 3.8) is 0 Å². The molecule has 134 valence electrons. The van der Waals surface area contributed by atoms with Crippen molar-refractivity contribution in [3.8, 4) is 17.0 Å². The van der Waals surface area contributed by atoms with Gasteiger partial charge in [0.15, 0.2) is 5.13 Å². The number of carbonyl (C=O) groups excluding carboxylic acids is 1. The Morgan fingerprint density at radius 3 is 2.80 bits per heavy atom. The van der Waals surface area contributed by atoms with Crippen LogP contribution in [0.1, 0.15) is 17.7 Å². The molecule has 2 heterocycles. The van der Waals surface area contributed by atoms with Crippen LogP contribution in [0.3, 0.4) is 0 Å². The average molecular weight is 367 g/mol. The summed E-state index contributed by atoms with van der Waals surface area (Å²) in [5.74, 6) is 0.0466. The second kappa shape index (κ2) is 7.88. The summed E-state index contributed by atoms with van der Waals surface area (Å²) in [5.41, 5.74) is 1.51. The predicted molar refractivity (Wildman–Crippen MR) is 93.1 cm³/mol. The van der Waals surface area contributed by atoms with Crippen molar-refractivity contribution < 1.29 is 18.3 Å². The molecule has 25 heavy (non-hydrogen) atoms. The molecule has 1 aromatic heterocycles. The minimum atomic E-state index is -2.84. The van der Waals surface area contributed by atoms with Crippen molar-refractivity contribution in [2.45, 2.75) is 26.4 Å². The van der Waals surface area contributed by atoms with E-state index in [1.807, 2.05) is 6.92 Å². The minimum Gasteiger partial charge on any atom is -0.435 e. The van der Waals surface area contributed by atoms with E-state index in [4.69, 9.17) is 0 Å². The number of rotatable bonds is 5. The highest BCUT2D eigenvalue weighted by atomic mass is 32.1. The number of carbonyl (C=O) groups is 1. The van der Waals surface area contributed by atoms with Crippen LogP contribution in [0, 0.1) is 12.8 Å². The maximum Gasteiger partial charge on any atom is 0.387 e. The van der Waals surface area contributed by atoms with Crippen LogP contribution in [-0.2, 0) is 4.79 Å². The Morgan fingerprint density at radius 1 is 1.40 bits per heavy atom. The first-order chi connectivity index (χ1) is 12.0. The van der Waals surface area contributed by atoms with Crippen LogP contribution in [0.15, 0.2) is 24.3 Å². The minimum absolute atomic E-state index is 0.0202. The molecule has 0 radical (unpaired) electrons. The summed E-state index contributed by atoms with van der Waals surface area (Å²) in [6, 6.07) is 6.31. The number of nitrogens with one attached hydrogen (secondary N) is 2. The lowest BCUT2D eigenvalue weighted by molar-refractivity contribution is -0.120. The third kappa shape index (κ3) is 4.52. The fraction of sp³-hybridized carbons (Fsp3) is 0.412. The van der Waals surface area contributed by atoms with Gasteiger partial charge in [-0.25, -0.2) is 4.98 Å². The number of anilines is 1. The van der Waals surface area contributed by atoms with Crippen molar-refractivity contribution in [1.29, 1.82) is 0 Å². The first-order valence-electron chi connectivity index (χ1n) is 8.07. The van der Waals surface area contributed by atoms with E-state index in [2.05, 4.69) is 20.4 Å². The summed E-state index contributed by atoms with van der Waals surface area (Å²) in [6.45, 7) is 0.710. The number of aromatic nitrogens is 1. The van der Waals surface area contributed by atoms with Crippen LogP contribution in [0.5, 0.6) is 5.75 Å². The van der Waals surface area contributed by atoms with Gasteiger partial charge >= 0.3 is 6.61 Å². The van der Waals surface area contributed by atoms with E-state index in [-0.39, 0.29) is 17.6 Å². The number of hydrogen-bond acceptors (Lipinski definition) is 5. The van der Waals surface area contributed by atoms with Gasteiger partial charge < -0.3 is 15.4 Å². The number of thiazole rings is 1. The molecule has 1 unspecified atom stereocenters. The zero-order chi connectivity index (χ0) is 17.8. The number of piperidine rings is 1. The molecule has 1 amide bonds. The predicted octanol–water partition coefficient (Wildman–Crippen LogP) is 3.66. The van der Waals surface area contributed by atoms with E-state index in [9.17, 15) is 13.6 Å². The van der Waals surface area contributed by atoms with Gasteiger partial charge in [-0.2, -0.15) is 8.78 Å². The molecule has 5 nitrogen and oxygen atoms in total. The zero-order valence-electron chi connectivity index (χ0n) is 13.7. The summed E-state index contributed by atoms with van der Waals surface area (Å²) in [6.07, 6.45) is 1.87. The summed E-state index contributed by atoms with van der Waals surface area (Å²) in [7, 11) is 0. The van der Waals surface area contributed by atoms with Gasteiger partial charge in [-0.1, -0.05) is 0 Å². The Hall–Kier alpha value is -2.06. The van der Waals surface area contributed by atoms with Crippen molar-refractivity contribution >= 4 is 22.4 Å². The van der Waals surface area contributed by atoms with E-state index in [1.165, 1.54) is 23.5 Å². The second-order valence-corrected chi connectivity index (χ2v) is 7.06. The monoisotopic (exact) mass is 367 g/mol. The lowest BCUT2D eigenvalue weighted by Gasteiger charge is -2.21. The van der Waals surface area contributed by atoms with Crippen molar-refractivity contribution in [1.82, 2.24) is 10.3 Å². The fourth-order valence-electron chi connectivity index (χ4n) is 2.80. The molecule has 1 atom stereocenters. The number of benzene rings is 1. The van der Waals surface area contributed by atoms with Crippen molar-refractivity contribution in [2.75, 3.05) is 18.4 Å².